The van der Waals surface area contributed by atoms with Gasteiger partial charge in [0.1, 0.15) is 26.4 Å². The van der Waals surface area contributed by atoms with E-state index in [9.17, 15) is 37.8 Å². The van der Waals surface area contributed by atoms with Crippen molar-refractivity contribution in [3.63, 3.8) is 0 Å². The van der Waals surface area contributed by atoms with Crippen LogP contribution in [0.15, 0.2) is 0 Å². The quantitative estimate of drug-likeness (QED) is 0.0598. The molecule has 0 aromatic heterocycles. The summed E-state index contributed by atoms with van der Waals surface area (Å²) in [4.78, 5) is 39.4. The molecule has 0 aliphatic rings. The van der Waals surface area contributed by atoms with Gasteiger partial charge in [-0.2, -0.15) is 0 Å². The molecule has 0 amide bonds. The monoisotopic (exact) mass is 754 g/mol. The molecule has 0 aliphatic heterocycles. The van der Waals surface area contributed by atoms with E-state index in [-0.39, 0.29) is 21.1 Å². The molecule has 41 heavy (non-hydrogen) atoms. The van der Waals surface area contributed by atoms with Crippen LogP contribution in [0.5, 0.6) is 0 Å². The van der Waals surface area contributed by atoms with Crippen LogP contribution < -0.4 is 19.6 Å². The van der Waals surface area contributed by atoms with Crippen molar-refractivity contribution in [2.24, 2.45) is 0 Å². The predicted molar refractivity (Wildman–Crippen MR) is 151 cm³/mol. The van der Waals surface area contributed by atoms with Gasteiger partial charge in [-0.05, 0) is 43.9 Å². The standard InChI is InChI=1S/4C6H13O3P.Mo/c4*1-2-3-4-5-6-9-10(7)8;/h4*2-6H2,1H3;/q;;;;+4. The third-order valence-electron chi connectivity index (χ3n) is 4.78. The molecule has 0 aromatic carbocycles. The summed E-state index contributed by atoms with van der Waals surface area (Å²) in [7, 11) is -10.5. The molecule has 0 fully saturated rings. The van der Waals surface area contributed by atoms with Crippen LogP contribution >= 0.6 is 33.0 Å². The Morgan fingerprint density at radius 3 is 0.659 bits per heavy atom. The molecule has 0 N–H and O–H groups in total. The normalized spacial score (nSPS) is 11.3. The second kappa shape index (κ2) is 47.7. The number of hydrogen-bond acceptors (Lipinski definition) is 12. The first kappa shape index (κ1) is 51.4. The molecule has 0 bridgehead atoms. The molecule has 0 saturated heterocycles. The van der Waals surface area contributed by atoms with Gasteiger partial charge in [-0.15, -0.1) is 18.1 Å². The molecule has 12 nitrogen and oxygen atoms in total. The molecule has 4 unspecified atom stereocenters. The molecule has 0 spiro atoms. The van der Waals surface area contributed by atoms with Crippen LogP contribution in [-0.2, 0) is 57.4 Å². The van der Waals surface area contributed by atoms with Gasteiger partial charge in [0.15, 0.2) is 0 Å². The van der Waals surface area contributed by atoms with Crippen LogP contribution in [0.1, 0.15) is 130 Å². The second-order valence-electron chi connectivity index (χ2n) is 8.47. The Hall–Kier alpha value is 0.768. The Kier molecular flexibility index (Phi) is 59.7. The summed E-state index contributed by atoms with van der Waals surface area (Å²) in [5.74, 6) is 0. The first-order valence-electron chi connectivity index (χ1n) is 14.2. The van der Waals surface area contributed by atoms with Crippen molar-refractivity contribution >= 4 is 33.0 Å². The van der Waals surface area contributed by atoms with Crippen molar-refractivity contribution in [2.45, 2.75) is 130 Å². The fourth-order valence-corrected chi connectivity index (χ4v) is 3.78. The average Bonchev–Trinajstić information content (AvgIpc) is 2.89. The summed E-state index contributed by atoms with van der Waals surface area (Å²) in [5, 5.41) is 0. The topological polar surface area (TPSA) is 197 Å². The maximum absolute atomic E-state index is 9.85. The summed E-state index contributed by atoms with van der Waals surface area (Å²) in [5.41, 5.74) is 0. The van der Waals surface area contributed by atoms with E-state index < -0.39 is 33.0 Å². The van der Waals surface area contributed by atoms with E-state index in [0.717, 1.165) is 103 Å². The number of unbranched alkanes of at least 4 members (excludes halogenated alkanes) is 12. The van der Waals surface area contributed by atoms with E-state index in [4.69, 9.17) is 0 Å². The summed E-state index contributed by atoms with van der Waals surface area (Å²) in [6, 6.07) is 0. The summed E-state index contributed by atoms with van der Waals surface area (Å²) < 4.78 is 56.8. The van der Waals surface area contributed by atoms with Gasteiger partial charge in [-0.25, -0.2) is 0 Å². The zero-order valence-electron chi connectivity index (χ0n) is 25.2. The molecule has 0 radical (unpaired) electrons. The van der Waals surface area contributed by atoms with Crippen molar-refractivity contribution in [1.29, 1.82) is 0 Å². The zero-order valence-corrected chi connectivity index (χ0v) is 30.8. The van der Waals surface area contributed by atoms with Crippen molar-refractivity contribution in [3.8, 4) is 0 Å². The molecular formula is C24H52MoO12P4+4. The van der Waals surface area contributed by atoms with Gasteiger partial charge < -0.3 is 19.6 Å². The Balaban J connectivity index is -0.000000139. The Morgan fingerprint density at radius 2 is 0.537 bits per heavy atom. The van der Waals surface area contributed by atoms with Gasteiger partial charge in [0.25, 0.3) is 0 Å². The minimum atomic E-state index is -2.62. The molecule has 0 aliphatic carbocycles. The van der Waals surface area contributed by atoms with Crippen LogP contribution in [0.3, 0.4) is 0 Å². The maximum Gasteiger partial charge on any atom is 4.00 e. The SMILES string of the molecule is CCCCCCO[P+](=O)[O-].CCCCCCO[P+](=O)[O-].CCCCCCO[P+](=O)[O-].CCCCCCO[P+](=O)[O-].[Mo+4]. The largest absolute Gasteiger partial charge is 4.00 e. The Morgan fingerprint density at radius 1 is 0.366 bits per heavy atom. The van der Waals surface area contributed by atoms with Crippen molar-refractivity contribution in [2.75, 3.05) is 26.4 Å². The van der Waals surface area contributed by atoms with Gasteiger partial charge in [0.05, 0.1) is 0 Å². The molecule has 242 valence electrons. The Bertz CT molecular complexity index is 483. The van der Waals surface area contributed by atoms with E-state index >= 15 is 0 Å². The van der Waals surface area contributed by atoms with E-state index in [1.807, 2.05) is 0 Å². The molecule has 0 heterocycles. The van der Waals surface area contributed by atoms with Gasteiger partial charge in [-0.1, -0.05) is 105 Å². The zero-order chi connectivity index (χ0) is 31.3. The molecule has 4 atom stereocenters. The molecule has 0 aromatic rings. The van der Waals surface area contributed by atoms with Crippen LogP contribution in [0.2, 0.25) is 0 Å². The van der Waals surface area contributed by atoms with Gasteiger partial charge in [-0.3, -0.25) is 0 Å². The van der Waals surface area contributed by atoms with Crippen LogP contribution in [0, 0.1) is 0 Å². The van der Waals surface area contributed by atoms with Crippen molar-refractivity contribution < 1.29 is 77.0 Å². The van der Waals surface area contributed by atoms with E-state index in [2.05, 4.69) is 45.8 Å². The average molecular weight is 753 g/mol. The molecule has 17 heteroatoms. The van der Waals surface area contributed by atoms with E-state index in [1.165, 1.54) is 0 Å². The van der Waals surface area contributed by atoms with Crippen molar-refractivity contribution in [3.05, 3.63) is 0 Å². The smallest absolute Gasteiger partial charge is 0.566 e. The first-order chi connectivity index (χ1) is 19.1. The first-order valence-corrected chi connectivity index (χ1v) is 18.6. The molecule has 0 rings (SSSR count). The van der Waals surface area contributed by atoms with Crippen LogP contribution in [0.25, 0.3) is 0 Å². The fourth-order valence-electron chi connectivity index (χ4n) is 2.67. The third-order valence-corrected chi connectivity index (χ3v) is 6.35. The molecule has 0 saturated carbocycles. The Labute approximate surface area is 266 Å². The summed E-state index contributed by atoms with van der Waals surface area (Å²) in [6.07, 6.45) is 16.8. The maximum atomic E-state index is 9.85. The fraction of sp³-hybridized carbons (Fsp3) is 1.00. The third kappa shape index (κ3) is 74.0. The number of hydrogen-bond donors (Lipinski definition) is 0. The predicted octanol–water partition coefficient (Wildman–Crippen LogP) is 6.40. The summed E-state index contributed by atoms with van der Waals surface area (Å²) in [6.45, 7) is 9.81. The van der Waals surface area contributed by atoms with Crippen LogP contribution in [0.4, 0.5) is 0 Å². The minimum Gasteiger partial charge on any atom is -0.566 e. The van der Waals surface area contributed by atoms with Crippen molar-refractivity contribution in [1.82, 2.24) is 0 Å². The van der Waals surface area contributed by atoms with Gasteiger partial charge in [0, 0.05) is 0 Å². The summed E-state index contributed by atoms with van der Waals surface area (Å²) >= 11 is 0. The van der Waals surface area contributed by atoms with Gasteiger partial charge >= 0.3 is 54.1 Å². The second-order valence-corrected chi connectivity index (χ2v) is 11.3. The van der Waals surface area contributed by atoms with Gasteiger partial charge in [0.2, 0.25) is 0 Å². The molecular weight excluding hydrogens is 700 g/mol. The van der Waals surface area contributed by atoms with Crippen LogP contribution in [-0.4, -0.2) is 26.4 Å². The number of rotatable bonds is 24. The minimum absolute atomic E-state index is 0. The van der Waals surface area contributed by atoms with E-state index in [1.54, 1.807) is 0 Å². The van der Waals surface area contributed by atoms with E-state index in [0.29, 0.717) is 26.4 Å².